The van der Waals surface area contributed by atoms with Crippen molar-refractivity contribution >= 4 is 40.7 Å². The summed E-state index contributed by atoms with van der Waals surface area (Å²) in [5.74, 6) is -1.24. The molecule has 0 spiro atoms. The number of hydrogen-bond donors (Lipinski definition) is 2. The molecule has 0 aromatic heterocycles. The van der Waals surface area contributed by atoms with Gasteiger partial charge in [0.15, 0.2) is 5.11 Å². The van der Waals surface area contributed by atoms with Gasteiger partial charge in [-0.3, -0.25) is 24.7 Å². The molecule has 0 saturated carbocycles. The van der Waals surface area contributed by atoms with E-state index < -0.39 is 29.6 Å². The summed E-state index contributed by atoms with van der Waals surface area (Å²) in [6, 6.07) is 20.1. The van der Waals surface area contributed by atoms with Gasteiger partial charge in [-0.1, -0.05) is 37.3 Å². The van der Waals surface area contributed by atoms with E-state index in [1.165, 1.54) is 22.0 Å². The molecule has 2 N–H and O–H groups in total. The summed E-state index contributed by atoms with van der Waals surface area (Å²) in [5, 5.41) is 4.06. The average molecular weight is 535 g/mol. The molecule has 0 aliphatic carbocycles. The highest BCUT2D eigenvalue weighted by molar-refractivity contribution is 7.80. The summed E-state index contributed by atoms with van der Waals surface area (Å²) in [4.78, 5) is 40.6. The van der Waals surface area contributed by atoms with Crippen molar-refractivity contribution in [3.8, 4) is 5.75 Å². The summed E-state index contributed by atoms with van der Waals surface area (Å²) in [6.07, 6.45) is 0.618. The molecule has 1 aliphatic heterocycles. The van der Waals surface area contributed by atoms with E-state index >= 15 is 0 Å². The van der Waals surface area contributed by atoms with Gasteiger partial charge in [-0.15, -0.1) is 0 Å². The number of nitrogens with zero attached hydrogens (tertiary/aromatic N) is 2. The minimum atomic E-state index is -1.07. The van der Waals surface area contributed by atoms with Crippen LogP contribution in [0.15, 0.2) is 78.9 Å². The first-order valence-corrected chi connectivity index (χ1v) is 12.5. The Morgan fingerprint density at radius 1 is 1.00 bits per heavy atom. The topological polar surface area (TPSA) is 91.0 Å². The fraction of sp³-hybridized carbons (Fsp3) is 0.214. The number of halogens is 1. The second kappa shape index (κ2) is 12.3. The number of hydrogen-bond acceptors (Lipinski definition) is 5. The number of hydrazine groups is 1. The monoisotopic (exact) mass is 534 g/mol. The van der Waals surface area contributed by atoms with Gasteiger partial charge < -0.3 is 10.1 Å². The van der Waals surface area contributed by atoms with Crippen LogP contribution in [0.3, 0.4) is 0 Å². The molecule has 10 heteroatoms. The van der Waals surface area contributed by atoms with E-state index in [1.807, 2.05) is 37.3 Å². The van der Waals surface area contributed by atoms with Gasteiger partial charge in [0, 0.05) is 11.3 Å². The Morgan fingerprint density at radius 2 is 1.68 bits per heavy atom. The molecule has 4 rings (SSSR count). The van der Waals surface area contributed by atoms with Crippen molar-refractivity contribution in [2.45, 2.75) is 32.4 Å². The maximum atomic E-state index is 13.4. The van der Waals surface area contributed by atoms with Crippen LogP contribution >= 0.6 is 12.2 Å². The van der Waals surface area contributed by atoms with Crippen LogP contribution in [0.5, 0.6) is 5.75 Å². The second-order valence-corrected chi connectivity index (χ2v) is 9.02. The van der Waals surface area contributed by atoms with Gasteiger partial charge in [-0.25, -0.2) is 9.40 Å². The zero-order valence-electron chi connectivity index (χ0n) is 20.7. The van der Waals surface area contributed by atoms with Crippen LogP contribution in [0.1, 0.15) is 35.7 Å². The molecule has 3 amide bonds. The largest absolute Gasteiger partial charge is 0.494 e. The van der Waals surface area contributed by atoms with E-state index in [1.54, 1.807) is 24.3 Å². The number of nitrogens with one attached hydrogen (secondary N) is 2. The number of carbonyl (C=O) groups is 3. The predicted octanol–water partition coefficient (Wildman–Crippen LogP) is 4.29. The lowest BCUT2D eigenvalue weighted by molar-refractivity contribution is -0.131. The number of rotatable bonds is 10. The van der Waals surface area contributed by atoms with E-state index in [-0.39, 0.29) is 23.6 Å². The molecule has 1 saturated heterocycles. The van der Waals surface area contributed by atoms with Crippen LogP contribution in [0, 0.1) is 5.82 Å². The zero-order valence-corrected chi connectivity index (χ0v) is 21.5. The Kier molecular flexibility index (Phi) is 8.65. The van der Waals surface area contributed by atoms with Crippen LogP contribution in [0.25, 0.3) is 0 Å². The van der Waals surface area contributed by atoms with Crippen molar-refractivity contribution in [3.05, 3.63) is 95.8 Å². The van der Waals surface area contributed by atoms with E-state index in [9.17, 15) is 18.8 Å². The third-order valence-corrected chi connectivity index (χ3v) is 6.22. The predicted molar refractivity (Wildman–Crippen MR) is 145 cm³/mol. The fourth-order valence-corrected chi connectivity index (χ4v) is 4.21. The van der Waals surface area contributed by atoms with Crippen LogP contribution in [-0.4, -0.2) is 45.4 Å². The number of amides is 3. The van der Waals surface area contributed by atoms with Crippen LogP contribution in [-0.2, 0) is 16.1 Å². The quantitative estimate of drug-likeness (QED) is 0.377. The smallest absolute Gasteiger partial charge is 0.269 e. The molecule has 0 radical (unpaired) electrons. The zero-order chi connectivity index (χ0) is 27.1. The molecule has 196 valence electrons. The van der Waals surface area contributed by atoms with Gasteiger partial charge in [0.2, 0.25) is 5.91 Å². The summed E-state index contributed by atoms with van der Waals surface area (Å²) in [6.45, 7) is 2.78. The summed E-state index contributed by atoms with van der Waals surface area (Å²) >= 11 is 5.55. The molecular weight excluding hydrogens is 507 g/mol. The molecule has 1 aliphatic rings. The highest BCUT2D eigenvalue weighted by Crippen LogP contribution is 2.23. The van der Waals surface area contributed by atoms with E-state index in [0.717, 1.165) is 24.1 Å². The maximum absolute atomic E-state index is 13.4. The maximum Gasteiger partial charge on any atom is 0.269 e. The first-order chi connectivity index (χ1) is 18.4. The van der Waals surface area contributed by atoms with Gasteiger partial charge >= 0.3 is 0 Å². The SMILES string of the molecule is CCCOc1ccc(NC(=O)CC2C(=O)N(Cc3ccccc3)C(=S)N2NC(=O)c2ccc(F)cc2)cc1. The van der Waals surface area contributed by atoms with Crippen LogP contribution < -0.4 is 15.5 Å². The standard InChI is InChI=1S/C28H27FN4O4S/c1-2-16-37-23-14-12-22(13-15-23)30-25(34)17-24-27(36)32(18-19-6-4-3-5-7-19)28(38)33(24)31-26(35)20-8-10-21(29)11-9-20/h3-15,24H,2,16-18H2,1H3,(H,30,34)(H,31,35). The van der Waals surface area contributed by atoms with E-state index in [4.69, 9.17) is 17.0 Å². The Hall–Kier alpha value is -4.31. The minimum absolute atomic E-state index is 0.0598. The highest BCUT2D eigenvalue weighted by atomic mass is 32.1. The Balaban J connectivity index is 1.50. The molecule has 1 atom stereocenters. The van der Waals surface area contributed by atoms with Gasteiger partial charge in [0.1, 0.15) is 17.6 Å². The Labute approximate surface area is 225 Å². The average Bonchev–Trinajstić information content (AvgIpc) is 3.13. The van der Waals surface area contributed by atoms with Crippen molar-refractivity contribution in [2.75, 3.05) is 11.9 Å². The number of ether oxygens (including phenoxy) is 1. The first-order valence-electron chi connectivity index (χ1n) is 12.1. The van der Waals surface area contributed by atoms with E-state index in [2.05, 4.69) is 10.7 Å². The normalized spacial score (nSPS) is 14.9. The summed E-state index contributed by atoms with van der Waals surface area (Å²) in [5.41, 5.74) is 4.18. The van der Waals surface area contributed by atoms with Gasteiger partial charge in [0.05, 0.1) is 19.6 Å². The lowest BCUT2D eigenvalue weighted by atomic mass is 10.1. The second-order valence-electron chi connectivity index (χ2n) is 8.65. The number of carbonyl (C=O) groups excluding carboxylic acids is 3. The molecule has 0 bridgehead atoms. The molecule has 3 aromatic carbocycles. The molecule has 1 unspecified atom stereocenters. The van der Waals surface area contributed by atoms with Crippen molar-refractivity contribution in [2.24, 2.45) is 0 Å². The highest BCUT2D eigenvalue weighted by Gasteiger charge is 2.44. The fourth-order valence-electron chi connectivity index (χ4n) is 3.88. The number of thiocarbonyl (C=S) groups is 1. The van der Waals surface area contributed by atoms with Crippen LogP contribution in [0.4, 0.5) is 10.1 Å². The lowest BCUT2D eigenvalue weighted by Crippen LogP contribution is -2.49. The minimum Gasteiger partial charge on any atom is -0.494 e. The Bertz CT molecular complexity index is 1300. The van der Waals surface area contributed by atoms with Crippen molar-refractivity contribution in [3.63, 3.8) is 0 Å². The molecule has 38 heavy (non-hydrogen) atoms. The number of benzene rings is 3. The third kappa shape index (κ3) is 6.51. The van der Waals surface area contributed by atoms with Crippen LogP contribution in [0.2, 0.25) is 0 Å². The molecular formula is C28H27FN4O4S. The van der Waals surface area contributed by atoms with Gasteiger partial charge in [0.25, 0.3) is 11.8 Å². The molecule has 1 heterocycles. The van der Waals surface area contributed by atoms with Crippen molar-refractivity contribution in [1.82, 2.24) is 15.3 Å². The summed E-state index contributed by atoms with van der Waals surface area (Å²) < 4.78 is 18.9. The van der Waals surface area contributed by atoms with E-state index in [0.29, 0.717) is 18.0 Å². The van der Waals surface area contributed by atoms with Crippen molar-refractivity contribution in [1.29, 1.82) is 0 Å². The Morgan fingerprint density at radius 3 is 2.34 bits per heavy atom. The van der Waals surface area contributed by atoms with Gasteiger partial charge in [-0.2, -0.15) is 0 Å². The van der Waals surface area contributed by atoms with Gasteiger partial charge in [-0.05, 0) is 72.7 Å². The van der Waals surface area contributed by atoms with Crippen molar-refractivity contribution < 1.29 is 23.5 Å². The third-order valence-electron chi connectivity index (χ3n) is 5.80. The molecule has 8 nitrogen and oxygen atoms in total. The molecule has 1 fully saturated rings. The molecule has 3 aromatic rings. The first kappa shape index (κ1) is 26.7. The number of anilines is 1. The summed E-state index contributed by atoms with van der Waals surface area (Å²) in [7, 11) is 0. The lowest BCUT2D eigenvalue weighted by Gasteiger charge is -2.24.